The number of hydrogen-bond donors (Lipinski definition) is 1. The maximum atomic E-state index is 12.7. The zero-order chi connectivity index (χ0) is 17.5. The number of hydrazine groups is 1. The summed E-state index contributed by atoms with van der Waals surface area (Å²) < 4.78 is 4.76. The maximum absolute atomic E-state index is 12.7. The summed E-state index contributed by atoms with van der Waals surface area (Å²) >= 11 is 0. The van der Waals surface area contributed by atoms with Gasteiger partial charge in [0, 0.05) is 12.1 Å². The highest BCUT2D eigenvalue weighted by Crippen LogP contribution is 2.29. The number of carbonyl (C=O) groups excluding carboxylic acids is 2. The summed E-state index contributed by atoms with van der Waals surface area (Å²) in [6.45, 7) is 1.41. The molecule has 0 saturated carbocycles. The van der Waals surface area contributed by atoms with Crippen LogP contribution in [-0.2, 0) is 16.1 Å². The first-order valence-corrected chi connectivity index (χ1v) is 8.54. The zero-order valence-electron chi connectivity index (χ0n) is 14.1. The zero-order valence-corrected chi connectivity index (χ0v) is 14.1. The molecule has 2 aromatic carbocycles. The second-order valence-electron chi connectivity index (χ2n) is 6.16. The normalized spacial score (nSPS) is 17.7. The largest absolute Gasteiger partial charge is 0.463 e. The molecule has 0 bridgehead atoms. The van der Waals surface area contributed by atoms with Gasteiger partial charge in [-0.05, 0) is 36.1 Å². The minimum atomic E-state index is -0.143. The fourth-order valence-electron chi connectivity index (χ4n) is 3.21. The third-order valence-electron chi connectivity index (χ3n) is 4.44. The summed E-state index contributed by atoms with van der Waals surface area (Å²) in [5.41, 5.74) is 5.62. The molecule has 0 aromatic heterocycles. The van der Waals surface area contributed by atoms with Crippen molar-refractivity contribution in [2.24, 2.45) is 0 Å². The lowest BCUT2D eigenvalue weighted by atomic mass is 9.97. The average molecular weight is 338 g/mol. The quantitative estimate of drug-likeness (QED) is 0.822. The molecule has 1 heterocycles. The first kappa shape index (κ1) is 17.2. The Kier molecular flexibility index (Phi) is 5.80. The molecule has 1 saturated heterocycles. The molecule has 1 unspecified atom stereocenters. The number of nitrogens with zero attached hydrogens (tertiary/aromatic N) is 1. The molecular formula is C20H22N2O3. The Labute approximate surface area is 147 Å². The lowest BCUT2D eigenvalue weighted by molar-refractivity contribution is -0.129. The molecule has 1 aliphatic heterocycles. The van der Waals surface area contributed by atoms with Gasteiger partial charge in [-0.25, -0.2) is 5.01 Å². The lowest BCUT2D eigenvalue weighted by Gasteiger charge is -2.36. The summed E-state index contributed by atoms with van der Waals surface area (Å²) in [5, 5.41) is 2.04. The predicted octanol–water partition coefficient (Wildman–Crippen LogP) is 3.23. The van der Waals surface area contributed by atoms with E-state index in [9.17, 15) is 9.59 Å². The van der Waals surface area contributed by atoms with Crippen LogP contribution < -0.4 is 5.43 Å². The van der Waals surface area contributed by atoms with Crippen LogP contribution in [0.1, 0.15) is 46.8 Å². The molecule has 1 fully saturated rings. The van der Waals surface area contributed by atoms with Crippen LogP contribution in [0.2, 0.25) is 0 Å². The Hall–Kier alpha value is -2.66. The number of amides is 1. The molecular weight excluding hydrogens is 316 g/mol. The van der Waals surface area contributed by atoms with Crippen molar-refractivity contribution in [3.8, 4) is 0 Å². The Morgan fingerprint density at radius 2 is 2.00 bits per heavy atom. The summed E-state index contributed by atoms with van der Waals surface area (Å²) in [6, 6.07) is 17.6. The molecule has 5 heteroatoms. The van der Waals surface area contributed by atoms with Crippen molar-refractivity contribution in [3.63, 3.8) is 0 Å². The van der Waals surface area contributed by atoms with Crippen LogP contribution in [-0.4, -0.2) is 23.9 Å². The molecule has 1 N–H and O–H groups in total. The van der Waals surface area contributed by atoms with E-state index in [4.69, 9.17) is 4.74 Å². The molecule has 130 valence electrons. The van der Waals surface area contributed by atoms with E-state index in [0.29, 0.717) is 12.0 Å². The number of hydrogen-bond acceptors (Lipinski definition) is 4. The average Bonchev–Trinajstić information content (AvgIpc) is 2.67. The maximum Gasteiger partial charge on any atom is 0.293 e. The third-order valence-corrected chi connectivity index (χ3v) is 4.44. The van der Waals surface area contributed by atoms with Crippen molar-refractivity contribution in [2.45, 2.75) is 31.9 Å². The SMILES string of the molecule is O=COCc1cccc(C(=O)NN2CCCCC2c2ccccc2)c1. The fourth-order valence-corrected chi connectivity index (χ4v) is 3.21. The molecule has 0 spiro atoms. The van der Waals surface area contributed by atoms with E-state index in [-0.39, 0.29) is 18.6 Å². The predicted molar refractivity (Wildman–Crippen MR) is 94.5 cm³/mol. The van der Waals surface area contributed by atoms with Gasteiger partial charge in [-0.2, -0.15) is 0 Å². The summed E-state index contributed by atoms with van der Waals surface area (Å²) in [4.78, 5) is 23.0. The number of benzene rings is 2. The summed E-state index contributed by atoms with van der Waals surface area (Å²) in [6.07, 6.45) is 3.25. The van der Waals surface area contributed by atoms with Gasteiger partial charge in [0.1, 0.15) is 6.61 Å². The topological polar surface area (TPSA) is 58.6 Å². The number of rotatable bonds is 6. The minimum absolute atomic E-state index is 0.143. The van der Waals surface area contributed by atoms with Crippen LogP contribution in [0, 0.1) is 0 Å². The Balaban J connectivity index is 1.71. The van der Waals surface area contributed by atoms with E-state index < -0.39 is 0 Å². The fraction of sp³-hybridized carbons (Fsp3) is 0.300. The second-order valence-corrected chi connectivity index (χ2v) is 6.16. The highest BCUT2D eigenvalue weighted by Gasteiger charge is 2.25. The molecule has 2 aromatic rings. The van der Waals surface area contributed by atoms with Crippen LogP contribution in [0.25, 0.3) is 0 Å². The first-order valence-electron chi connectivity index (χ1n) is 8.54. The molecule has 1 aliphatic rings. The third kappa shape index (κ3) is 4.45. The van der Waals surface area contributed by atoms with E-state index in [0.717, 1.165) is 31.4 Å². The van der Waals surface area contributed by atoms with Crippen molar-refractivity contribution >= 4 is 12.4 Å². The van der Waals surface area contributed by atoms with Gasteiger partial charge in [-0.1, -0.05) is 48.9 Å². The van der Waals surface area contributed by atoms with Crippen LogP contribution in [0.3, 0.4) is 0 Å². The van der Waals surface area contributed by atoms with Crippen molar-refractivity contribution in [2.75, 3.05) is 6.54 Å². The number of ether oxygens (including phenoxy) is 1. The molecule has 5 nitrogen and oxygen atoms in total. The van der Waals surface area contributed by atoms with Crippen molar-refractivity contribution in [1.29, 1.82) is 0 Å². The van der Waals surface area contributed by atoms with Crippen LogP contribution in [0.4, 0.5) is 0 Å². The van der Waals surface area contributed by atoms with Crippen LogP contribution in [0.15, 0.2) is 54.6 Å². The Bertz CT molecular complexity index is 718. The monoisotopic (exact) mass is 338 g/mol. The highest BCUT2D eigenvalue weighted by molar-refractivity contribution is 5.94. The van der Waals surface area contributed by atoms with Crippen LogP contribution in [0.5, 0.6) is 0 Å². The van der Waals surface area contributed by atoms with Gasteiger partial charge >= 0.3 is 0 Å². The standard InChI is InChI=1S/C20H22N2O3/c23-15-25-14-16-7-6-10-18(13-16)20(24)21-22-12-5-4-11-19(22)17-8-2-1-3-9-17/h1-3,6-10,13,15,19H,4-5,11-12,14H2,(H,21,24). The van der Waals surface area contributed by atoms with Gasteiger partial charge < -0.3 is 4.74 Å². The van der Waals surface area contributed by atoms with Gasteiger partial charge in [0.25, 0.3) is 12.4 Å². The molecule has 25 heavy (non-hydrogen) atoms. The minimum Gasteiger partial charge on any atom is -0.463 e. The van der Waals surface area contributed by atoms with E-state index in [2.05, 4.69) is 17.6 Å². The molecule has 1 atom stereocenters. The number of piperidine rings is 1. The number of carbonyl (C=O) groups is 2. The Morgan fingerprint density at radius 1 is 1.16 bits per heavy atom. The molecule has 0 radical (unpaired) electrons. The van der Waals surface area contributed by atoms with Crippen molar-refractivity contribution < 1.29 is 14.3 Å². The van der Waals surface area contributed by atoms with Gasteiger partial charge in [0.05, 0.1) is 6.04 Å². The smallest absolute Gasteiger partial charge is 0.293 e. The number of nitrogens with one attached hydrogen (secondary N) is 1. The van der Waals surface area contributed by atoms with Crippen molar-refractivity contribution in [3.05, 3.63) is 71.3 Å². The van der Waals surface area contributed by atoms with Gasteiger partial charge in [-0.15, -0.1) is 0 Å². The Morgan fingerprint density at radius 3 is 2.80 bits per heavy atom. The first-order chi connectivity index (χ1) is 12.3. The van der Waals surface area contributed by atoms with Crippen LogP contribution >= 0.6 is 0 Å². The molecule has 0 aliphatic carbocycles. The lowest BCUT2D eigenvalue weighted by Crippen LogP contribution is -2.46. The van der Waals surface area contributed by atoms with E-state index in [1.807, 2.05) is 29.3 Å². The summed E-state index contributed by atoms with van der Waals surface area (Å²) in [7, 11) is 0. The van der Waals surface area contributed by atoms with E-state index >= 15 is 0 Å². The van der Waals surface area contributed by atoms with E-state index in [1.165, 1.54) is 5.56 Å². The van der Waals surface area contributed by atoms with E-state index in [1.54, 1.807) is 18.2 Å². The highest BCUT2D eigenvalue weighted by atomic mass is 16.5. The summed E-state index contributed by atoms with van der Waals surface area (Å²) in [5.74, 6) is -0.143. The van der Waals surface area contributed by atoms with Crippen molar-refractivity contribution in [1.82, 2.24) is 10.4 Å². The van der Waals surface area contributed by atoms with Gasteiger partial charge in [0.2, 0.25) is 0 Å². The second kappa shape index (κ2) is 8.44. The van der Waals surface area contributed by atoms with Gasteiger partial charge in [-0.3, -0.25) is 15.0 Å². The molecule has 1 amide bonds. The van der Waals surface area contributed by atoms with Gasteiger partial charge in [0.15, 0.2) is 0 Å². The molecule has 3 rings (SSSR count).